The van der Waals surface area contributed by atoms with Gasteiger partial charge in [0.2, 0.25) is 0 Å². The number of Topliss-reactive ketones (excluding diaryl/α,β-unsaturated/α-hetero) is 1. The Morgan fingerprint density at radius 1 is 1.18 bits per heavy atom. The van der Waals surface area contributed by atoms with Gasteiger partial charge in [-0.15, -0.1) is 0 Å². The van der Waals surface area contributed by atoms with Crippen LogP contribution < -0.4 is 0 Å². The van der Waals surface area contributed by atoms with Crippen molar-refractivity contribution in [2.75, 3.05) is 11.9 Å². The fourth-order valence-corrected chi connectivity index (χ4v) is 7.78. The molecule has 186 valence electrons. The molecule has 0 saturated heterocycles. The van der Waals surface area contributed by atoms with E-state index in [4.69, 9.17) is 5.11 Å². The average Bonchev–Trinajstić information content (AvgIpc) is 3.03. The van der Waals surface area contributed by atoms with Crippen LogP contribution in [0.1, 0.15) is 71.6 Å². The average molecular weight is 529 g/mol. The van der Waals surface area contributed by atoms with E-state index in [-0.39, 0.29) is 35.4 Å². The zero-order valence-corrected chi connectivity index (χ0v) is 21.1. The number of carbonyl (C=O) groups excluding carboxylic acids is 2. The number of alkyl halides is 1. The van der Waals surface area contributed by atoms with Gasteiger partial charge < -0.3 is 20.4 Å². The molecule has 0 aromatic carbocycles. The van der Waals surface area contributed by atoms with Crippen molar-refractivity contribution in [2.24, 2.45) is 28.6 Å². The lowest BCUT2D eigenvalue weighted by Crippen LogP contribution is -2.62. The first kappa shape index (κ1) is 26.5. The molecule has 0 bridgehead atoms. The van der Waals surface area contributed by atoms with E-state index in [0.29, 0.717) is 19.3 Å². The molecule has 3 fully saturated rings. The largest absolute Gasteiger partial charge is 0.481 e. The molecule has 0 spiro atoms. The molecule has 4 aliphatic carbocycles. The molecule has 0 aromatic rings. The first-order valence-electron chi connectivity index (χ1n) is 12.0. The minimum Gasteiger partial charge on any atom is -0.481 e. The van der Waals surface area contributed by atoms with Crippen LogP contribution in [-0.2, 0) is 14.4 Å². The van der Waals surface area contributed by atoms with E-state index in [2.05, 4.69) is 22.9 Å². The standard InChI is InChI=1S/C21H30O5.C4H7BrO2/c1-19-7-5-13(23)9-12(19)3-4-14-15-6-8-21(26,17(25)11-22)20(15,2)10-16(24)18(14)19;5-3-1-2-4(6)7/h9,14-16,18,22,24,26H,3-8,10-11H2,1-2H3;1-3H2,(H,6,7)/t14-,15-,16-,18+,19-,20-,21-;/m0./s1. The summed E-state index contributed by atoms with van der Waals surface area (Å²) >= 11 is 3.11. The highest BCUT2D eigenvalue weighted by Gasteiger charge is 2.68. The van der Waals surface area contributed by atoms with E-state index in [1.165, 1.54) is 5.57 Å². The maximum Gasteiger partial charge on any atom is 0.303 e. The number of allylic oxidation sites excluding steroid dienone is 1. The van der Waals surface area contributed by atoms with Gasteiger partial charge in [-0.05, 0) is 74.2 Å². The minimum absolute atomic E-state index is 0.0697. The lowest BCUT2D eigenvalue weighted by atomic mass is 9.45. The fraction of sp³-hybridized carbons (Fsp3) is 0.800. The Bertz CT molecular complexity index is 826. The number of aliphatic carboxylic acids is 1. The van der Waals surface area contributed by atoms with Crippen molar-refractivity contribution in [3.8, 4) is 0 Å². The SMILES string of the molecule is C[C@]12CCC(=O)C=C1CC[C@@H]1[C@@H]2[C@@H](O)C[C@@]2(C)[C@H]1CC[C@]2(O)C(=O)CO.O=C(O)CCCBr. The highest BCUT2D eigenvalue weighted by Crippen LogP contribution is 2.67. The minimum atomic E-state index is -1.54. The van der Waals surface area contributed by atoms with E-state index in [0.717, 1.165) is 37.4 Å². The van der Waals surface area contributed by atoms with Gasteiger partial charge in [-0.3, -0.25) is 14.4 Å². The second-order valence-corrected chi connectivity index (χ2v) is 11.5. The van der Waals surface area contributed by atoms with Crippen LogP contribution in [0.3, 0.4) is 0 Å². The number of aliphatic hydroxyl groups excluding tert-OH is 2. The molecule has 0 aromatic heterocycles. The highest BCUT2D eigenvalue weighted by atomic mass is 79.9. The van der Waals surface area contributed by atoms with E-state index >= 15 is 0 Å². The van der Waals surface area contributed by atoms with Crippen molar-refractivity contribution in [3.63, 3.8) is 0 Å². The third-order valence-electron chi connectivity index (χ3n) is 9.18. The van der Waals surface area contributed by atoms with Gasteiger partial charge in [-0.25, -0.2) is 0 Å². The molecule has 0 amide bonds. The summed E-state index contributed by atoms with van der Waals surface area (Å²) in [5.41, 5.74) is -1.23. The van der Waals surface area contributed by atoms with Gasteiger partial charge in [0.05, 0.1) is 6.10 Å². The van der Waals surface area contributed by atoms with Gasteiger partial charge in [0, 0.05) is 23.6 Å². The molecular formula is C25H37BrO7. The van der Waals surface area contributed by atoms with Gasteiger partial charge in [-0.1, -0.05) is 35.4 Å². The molecule has 33 heavy (non-hydrogen) atoms. The van der Waals surface area contributed by atoms with Crippen molar-refractivity contribution in [1.82, 2.24) is 0 Å². The normalized spacial score (nSPS) is 41.6. The van der Waals surface area contributed by atoms with Gasteiger partial charge in [0.25, 0.3) is 0 Å². The first-order chi connectivity index (χ1) is 15.4. The predicted octanol–water partition coefficient (Wildman–Crippen LogP) is 3.03. The van der Waals surface area contributed by atoms with Crippen LogP contribution in [0.4, 0.5) is 0 Å². The predicted molar refractivity (Wildman–Crippen MR) is 126 cm³/mol. The van der Waals surface area contributed by atoms with Crippen LogP contribution in [0.5, 0.6) is 0 Å². The Labute approximate surface area is 203 Å². The summed E-state index contributed by atoms with van der Waals surface area (Å²) in [7, 11) is 0. The van der Waals surface area contributed by atoms with Crippen LogP contribution in [0.25, 0.3) is 0 Å². The molecule has 8 heteroatoms. The van der Waals surface area contributed by atoms with Gasteiger partial charge >= 0.3 is 5.97 Å². The number of carboxylic acids is 1. The summed E-state index contributed by atoms with van der Waals surface area (Å²) in [5, 5.41) is 40.5. The summed E-state index contributed by atoms with van der Waals surface area (Å²) in [6, 6.07) is 0. The summed E-state index contributed by atoms with van der Waals surface area (Å²) in [6.45, 7) is 3.46. The smallest absolute Gasteiger partial charge is 0.303 e. The molecule has 7 nitrogen and oxygen atoms in total. The first-order valence-corrected chi connectivity index (χ1v) is 13.1. The van der Waals surface area contributed by atoms with E-state index < -0.39 is 35.5 Å². The Balaban J connectivity index is 0.000000383. The zero-order chi connectivity index (χ0) is 24.6. The van der Waals surface area contributed by atoms with Crippen LogP contribution >= 0.6 is 15.9 Å². The van der Waals surface area contributed by atoms with Crippen molar-refractivity contribution < 1.29 is 34.8 Å². The molecule has 4 aliphatic rings. The van der Waals surface area contributed by atoms with Crippen LogP contribution in [-0.4, -0.2) is 61.6 Å². The topological polar surface area (TPSA) is 132 Å². The third-order valence-corrected chi connectivity index (χ3v) is 9.74. The molecule has 0 heterocycles. The number of hydrogen-bond donors (Lipinski definition) is 4. The molecule has 0 radical (unpaired) electrons. The number of carboxylic acid groups (broad SMARTS) is 1. The number of aliphatic hydroxyl groups is 3. The molecular weight excluding hydrogens is 492 g/mol. The lowest BCUT2D eigenvalue weighted by Gasteiger charge is -2.60. The summed E-state index contributed by atoms with van der Waals surface area (Å²) in [5.74, 6) is -0.583. The Kier molecular flexibility index (Phi) is 7.94. The van der Waals surface area contributed by atoms with E-state index in [1.54, 1.807) is 6.08 Å². The van der Waals surface area contributed by atoms with Crippen molar-refractivity contribution in [2.45, 2.75) is 83.3 Å². The second-order valence-electron chi connectivity index (χ2n) is 10.7. The molecule has 0 aliphatic heterocycles. The molecule has 3 saturated carbocycles. The Morgan fingerprint density at radius 3 is 2.45 bits per heavy atom. The monoisotopic (exact) mass is 528 g/mol. The zero-order valence-electron chi connectivity index (χ0n) is 19.6. The maximum atomic E-state index is 12.4. The molecule has 4 rings (SSSR count). The second kappa shape index (κ2) is 9.88. The van der Waals surface area contributed by atoms with Crippen molar-refractivity contribution >= 4 is 33.5 Å². The number of ketones is 2. The van der Waals surface area contributed by atoms with E-state index in [9.17, 15) is 29.7 Å². The number of carbonyl (C=O) groups is 3. The maximum absolute atomic E-state index is 12.4. The Hall–Kier alpha value is -1.09. The molecule has 7 atom stereocenters. The number of hydrogen-bond acceptors (Lipinski definition) is 6. The quantitative estimate of drug-likeness (QED) is 0.403. The molecule has 0 unspecified atom stereocenters. The summed E-state index contributed by atoms with van der Waals surface area (Å²) in [6.07, 6.45) is 6.72. The van der Waals surface area contributed by atoms with Gasteiger partial charge in [0.1, 0.15) is 12.2 Å². The van der Waals surface area contributed by atoms with E-state index in [1.807, 2.05) is 6.92 Å². The fourth-order valence-electron chi connectivity index (χ4n) is 7.50. The van der Waals surface area contributed by atoms with Gasteiger partial charge in [0.15, 0.2) is 11.6 Å². The summed E-state index contributed by atoms with van der Waals surface area (Å²) < 4.78 is 0. The third kappa shape index (κ3) is 4.48. The molecule has 4 N–H and O–H groups in total. The number of fused-ring (bicyclic) bond motifs is 5. The van der Waals surface area contributed by atoms with Crippen LogP contribution in [0, 0.1) is 28.6 Å². The summed E-state index contributed by atoms with van der Waals surface area (Å²) in [4.78, 5) is 34.0. The Morgan fingerprint density at radius 2 is 1.88 bits per heavy atom. The number of rotatable bonds is 5. The number of halogens is 1. The van der Waals surface area contributed by atoms with Crippen LogP contribution in [0.2, 0.25) is 0 Å². The highest BCUT2D eigenvalue weighted by molar-refractivity contribution is 9.09. The van der Waals surface area contributed by atoms with Crippen molar-refractivity contribution in [3.05, 3.63) is 11.6 Å². The lowest BCUT2D eigenvalue weighted by molar-refractivity contribution is -0.182. The van der Waals surface area contributed by atoms with Crippen molar-refractivity contribution in [1.29, 1.82) is 0 Å². The van der Waals surface area contributed by atoms with Crippen LogP contribution in [0.15, 0.2) is 11.6 Å². The van der Waals surface area contributed by atoms with Gasteiger partial charge in [-0.2, -0.15) is 0 Å².